The fourth-order valence-corrected chi connectivity index (χ4v) is 1.40. The van der Waals surface area contributed by atoms with Crippen molar-refractivity contribution in [1.82, 2.24) is 15.0 Å². The van der Waals surface area contributed by atoms with Gasteiger partial charge in [0.2, 0.25) is 0 Å². The molecule has 18 heavy (non-hydrogen) atoms. The lowest BCUT2D eigenvalue weighted by atomic mass is 10.3. The van der Waals surface area contributed by atoms with Gasteiger partial charge in [-0.05, 0) is 6.07 Å². The summed E-state index contributed by atoms with van der Waals surface area (Å²) in [6, 6.07) is 2.68. The number of furan rings is 1. The van der Waals surface area contributed by atoms with E-state index < -0.39 is 17.2 Å². The minimum atomic E-state index is -0.552. The van der Waals surface area contributed by atoms with Crippen LogP contribution in [0.15, 0.2) is 38.6 Å². The average molecular weight is 250 g/mol. The largest absolute Gasteiger partial charge is 0.467 e. The maximum absolute atomic E-state index is 11.4. The van der Waals surface area contributed by atoms with Crippen molar-refractivity contribution in [3.05, 3.63) is 56.8 Å². The van der Waals surface area contributed by atoms with Gasteiger partial charge in [-0.25, -0.2) is 10.6 Å². The molecule has 0 unspecified atom stereocenters. The lowest BCUT2D eigenvalue weighted by molar-refractivity contribution is 0.0953. The van der Waals surface area contributed by atoms with E-state index in [1.807, 2.05) is 5.43 Å². The molecule has 94 valence electrons. The number of hydrogen-bond donors (Lipinski definition) is 3. The molecule has 8 nitrogen and oxygen atoms in total. The summed E-state index contributed by atoms with van der Waals surface area (Å²) in [5.74, 6) is 4.87. The second-order valence-electron chi connectivity index (χ2n) is 3.51. The number of aromatic nitrogens is 2. The van der Waals surface area contributed by atoms with E-state index in [2.05, 4.69) is 4.98 Å². The first kappa shape index (κ1) is 11.9. The van der Waals surface area contributed by atoms with Crippen molar-refractivity contribution >= 4 is 5.91 Å². The standard InChI is InChI=1S/C10H10N4O4/c11-13-9(16)6-3-7(18-5-6)4-14-2-1-8(15)12-10(14)17/h1-3,5H,4,11H2,(H,13,16)(H,12,15,17). The minimum Gasteiger partial charge on any atom is -0.467 e. The molecule has 0 aliphatic rings. The summed E-state index contributed by atoms with van der Waals surface area (Å²) in [4.78, 5) is 35.6. The monoisotopic (exact) mass is 250 g/mol. The highest BCUT2D eigenvalue weighted by molar-refractivity contribution is 5.93. The molecule has 0 aromatic carbocycles. The van der Waals surface area contributed by atoms with Crippen molar-refractivity contribution in [1.29, 1.82) is 0 Å². The molecule has 0 bridgehead atoms. The SMILES string of the molecule is NNC(=O)c1coc(Cn2ccc(=O)[nH]c2=O)c1. The summed E-state index contributed by atoms with van der Waals surface area (Å²) < 4.78 is 6.35. The minimum absolute atomic E-state index is 0.105. The lowest BCUT2D eigenvalue weighted by Crippen LogP contribution is -2.29. The second-order valence-corrected chi connectivity index (χ2v) is 3.51. The molecule has 0 fully saturated rings. The number of aromatic amines is 1. The van der Waals surface area contributed by atoms with E-state index >= 15 is 0 Å². The van der Waals surface area contributed by atoms with Gasteiger partial charge in [0.05, 0.1) is 12.1 Å². The van der Waals surface area contributed by atoms with Crippen LogP contribution in [0.2, 0.25) is 0 Å². The second kappa shape index (κ2) is 4.72. The summed E-state index contributed by atoms with van der Waals surface area (Å²) in [5.41, 5.74) is 1.19. The molecular weight excluding hydrogens is 240 g/mol. The Balaban J connectivity index is 2.24. The Hall–Kier alpha value is -2.61. The van der Waals surface area contributed by atoms with Gasteiger partial charge >= 0.3 is 5.69 Å². The third-order valence-electron chi connectivity index (χ3n) is 2.27. The molecule has 2 heterocycles. The van der Waals surface area contributed by atoms with Crippen LogP contribution in [0.25, 0.3) is 0 Å². The molecule has 2 rings (SSSR count). The van der Waals surface area contributed by atoms with E-state index in [1.165, 1.54) is 29.2 Å². The Morgan fingerprint density at radius 1 is 1.50 bits per heavy atom. The molecule has 4 N–H and O–H groups in total. The molecular formula is C10H10N4O4. The molecule has 2 aromatic rings. The summed E-state index contributed by atoms with van der Waals surface area (Å²) >= 11 is 0. The fourth-order valence-electron chi connectivity index (χ4n) is 1.40. The van der Waals surface area contributed by atoms with Crippen LogP contribution in [0.3, 0.4) is 0 Å². The van der Waals surface area contributed by atoms with Crippen molar-refractivity contribution < 1.29 is 9.21 Å². The summed E-state index contributed by atoms with van der Waals surface area (Å²) in [7, 11) is 0. The first-order valence-electron chi connectivity index (χ1n) is 4.98. The molecule has 1 amide bonds. The number of hydrogen-bond acceptors (Lipinski definition) is 5. The lowest BCUT2D eigenvalue weighted by Gasteiger charge is -2.00. The van der Waals surface area contributed by atoms with E-state index in [1.54, 1.807) is 0 Å². The normalized spacial score (nSPS) is 10.3. The van der Waals surface area contributed by atoms with E-state index in [4.69, 9.17) is 10.3 Å². The van der Waals surface area contributed by atoms with Crippen LogP contribution in [-0.2, 0) is 6.54 Å². The maximum Gasteiger partial charge on any atom is 0.328 e. The van der Waals surface area contributed by atoms with Gasteiger partial charge in [0.25, 0.3) is 11.5 Å². The number of nitrogens with two attached hydrogens (primary N) is 1. The van der Waals surface area contributed by atoms with Crippen molar-refractivity contribution in [3.63, 3.8) is 0 Å². The van der Waals surface area contributed by atoms with Crippen LogP contribution >= 0.6 is 0 Å². The van der Waals surface area contributed by atoms with Crippen LogP contribution in [0.5, 0.6) is 0 Å². The Morgan fingerprint density at radius 2 is 2.28 bits per heavy atom. The zero-order chi connectivity index (χ0) is 13.1. The van der Waals surface area contributed by atoms with Gasteiger partial charge in [0.15, 0.2) is 0 Å². The summed E-state index contributed by atoms with van der Waals surface area (Å²) in [6.45, 7) is 0.105. The molecule has 0 saturated carbocycles. The third kappa shape index (κ3) is 2.38. The van der Waals surface area contributed by atoms with Crippen molar-refractivity contribution in [2.45, 2.75) is 6.54 Å². The van der Waals surface area contributed by atoms with Crippen LogP contribution in [0.4, 0.5) is 0 Å². The van der Waals surface area contributed by atoms with Crippen molar-refractivity contribution in [2.24, 2.45) is 5.84 Å². The quantitative estimate of drug-likeness (QED) is 0.358. The highest BCUT2D eigenvalue weighted by Crippen LogP contribution is 2.08. The van der Waals surface area contributed by atoms with E-state index in [0.29, 0.717) is 5.76 Å². The Morgan fingerprint density at radius 3 is 2.94 bits per heavy atom. The molecule has 0 saturated heterocycles. The van der Waals surface area contributed by atoms with Crippen molar-refractivity contribution in [3.8, 4) is 0 Å². The van der Waals surface area contributed by atoms with Gasteiger partial charge in [-0.1, -0.05) is 0 Å². The Kier molecular flexibility index (Phi) is 3.11. The number of nitrogens with zero attached hydrogens (tertiary/aromatic N) is 1. The highest BCUT2D eigenvalue weighted by Gasteiger charge is 2.09. The van der Waals surface area contributed by atoms with Gasteiger partial charge in [-0.2, -0.15) is 0 Å². The van der Waals surface area contributed by atoms with E-state index in [9.17, 15) is 14.4 Å². The zero-order valence-corrected chi connectivity index (χ0v) is 9.17. The van der Waals surface area contributed by atoms with Crippen LogP contribution < -0.4 is 22.5 Å². The molecule has 0 aliphatic heterocycles. The Labute approximate surface area is 100 Å². The topological polar surface area (TPSA) is 123 Å². The summed E-state index contributed by atoms with van der Waals surface area (Å²) in [6.07, 6.45) is 2.57. The number of H-pyrrole nitrogens is 1. The molecule has 0 spiro atoms. The first-order chi connectivity index (χ1) is 8.60. The van der Waals surface area contributed by atoms with E-state index in [0.717, 1.165) is 0 Å². The third-order valence-corrected chi connectivity index (χ3v) is 2.27. The molecule has 0 radical (unpaired) electrons. The maximum atomic E-state index is 11.4. The molecule has 2 aromatic heterocycles. The number of hydrazine groups is 1. The van der Waals surface area contributed by atoms with Gasteiger partial charge in [0, 0.05) is 12.3 Å². The van der Waals surface area contributed by atoms with Crippen LogP contribution in [0, 0.1) is 0 Å². The number of nitrogen functional groups attached to an aromatic ring is 1. The number of nitrogens with one attached hydrogen (secondary N) is 2. The number of amides is 1. The predicted molar refractivity (Wildman–Crippen MR) is 60.8 cm³/mol. The van der Waals surface area contributed by atoms with Gasteiger partial charge < -0.3 is 4.42 Å². The number of carbonyl (C=O) groups excluding carboxylic acids is 1. The number of carbonyl (C=O) groups is 1. The smallest absolute Gasteiger partial charge is 0.328 e. The zero-order valence-electron chi connectivity index (χ0n) is 9.17. The number of rotatable bonds is 3. The van der Waals surface area contributed by atoms with Crippen LogP contribution in [0.1, 0.15) is 16.1 Å². The van der Waals surface area contributed by atoms with E-state index in [-0.39, 0.29) is 12.1 Å². The van der Waals surface area contributed by atoms with Crippen LogP contribution in [-0.4, -0.2) is 15.5 Å². The van der Waals surface area contributed by atoms with Gasteiger partial charge in [-0.3, -0.25) is 24.6 Å². The Bertz CT molecular complexity index is 681. The predicted octanol–water partition coefficient (Wildman–Crippen LogP) is -1.22. The first-order valence-corrected chi connectivity index (χ1v) is 4.98. The molecule has 0 atom stereocenters. The fraction of sp³-hybridized carbons (Fsp3) is 0.100. The average Bonchev–Trinajstić information content (AvgIpc) is 2.80. The molecule has 0 aliphatic carbocycles. The van der Waals surface area contributed by atoms with Gasteiger partial charge in [0.1, 0.15) is 12.0 Å². The van der Waals surface area contributed by atoms with Crippen molar-refractivity contribution in [2.75, 3.05) is 0 Å². The highest BCUT2D eigenvalue weighted by atomic mass is 16.3. The summed E-state index contributed by atoms with van der Waals surface area (Å²) in [5, 5.41) is 0. The molecule has 8 heteroatoms. The van der Waals surface area contributed by atoms with Gasteiger partial charge in [-0.15, -0.1) is 0 Å².